The summed E-state index contributed by atoms with van der Waals surface area (Å²) in [7, 11) is 1.62. The Balaban J connectivity index is 1.95. The van der Waals surface area contributed by atoms with Gasteiger partial charge in [-0.2, -0.15) is 0 Å². The van der Waals surface area contributed by atoms with E-state index in [4.69, 9.17) is 15.2 Å². The van der Waals surface area contributed by atoms with E-state index in [1.54, 1.807) is 43.5 Å². The zero-order valence-corrected chi connectivity index (χ0v) is 12.7. The van der Waals surface area contributed by atoms with Gasteiger partial charge in [-0.1, -0.05) is 12.1 Å². The van der Waals surface area contributed by atoms with Crippen molar-refractivity contribution in [3.05, 3.63) is 59.7 Å². The molecule has 0 aliphatic carbocycles. The zero-order chi connectivity index (χ0) is 16.7. The number of hydrogen-bond acceptors (Lipinski definition) is 4. The molecule has 0 atom stereocenters. The number of nitrogens with one attached hydrogen (secondary N) is 1. The molecule has 0 spiro atoms. The molecule has 23 heavy (non-hydrogen) atoms. The number of benzene rings is 2. The molecule has 0 unspecified atom stereocenters. The molecular formula is C17H18N2O4. The molecule has 0 radical (unpaired) electrons. The van der Waals surface area contributed by atoms with Crippen molar-refractivity contribution >= 4 is 17.5 Å². The number of carbonyl (C=O) groups is 2. The second-order valence-corrected chi connectivity index (χ2v) is 4.86. The normalized spacial score (nSPS) is 10.1. The molecule has 6 heteroatoms. The van der Waals surface area contributed by atoms with E-state index < -0.39 is 5.91 Å². The summed E-state index contributed by atoms with van der Waals surface area (Å²) in [6.45, 7) is 0.328. The van der Waals surface area contributed by atoms with Gasteiger partial charge in [0.1, 0.15) is 5.75 Å². The Hall–Kier alpha value is -2.86. The van der Waals surface area contributed by atoms with Crippen LogP contribution in [0.5, 0.6) is 5.75 Å². The van der Waals surface area contributed by atoms with Crippen LogP contribution < -0.4 is 15.8 Å². The van der Waals surface area contributed by atoms with Gasteiger partial charge in [0, 0.05) is 18.4 Å². The largest absolute Gasteiger partial charge is 0.484 e. The lowest BCUT2D eigenvalue weighted by Gasteiger charge is -2.08. The van der Waals surface area contributed by atoms with Gasteiger partial charge in [0.15, 0.2) is 6.61 Å². The van der Waals surface area contributed by atoms with Crippen LogP contribution in [0.15, 0.2) is 48.5 Å². The molecule has 0 saturated carbocycles. The summed E-state index contributed by atoms with van der Waals surface area (Å²) in [4.78, 5) is 22.8. The lowest BCUT2D eigenvalue weighted by atomic mass is 10.1. The second kappa shape index (κ2) is 7.95. The van der Waals surface area contributed by atoms with Crippen molar-refractivity contribution < 1.29 is 19.1 Å². The first-order valence-corrected chi connectivity index (χ1v) is 6.99. The number of ether oxygens (including phenoxy) is 2. The van der Waals surface area contributed by atoms with Crippen molar-refractivity contribution in [2.24, 2.45) is 5.73 Å². The topological polar surface area (TPSA) is 90.7 Å². The average Bonchev–Trinajstić information content (AvgIpc) is 2.55. The van der Waals surface area contributed by atoms with E-state index in [0.717, 1.165) is 5.56 Å². The number of nitrogens with two attached hydrogens (primary N) is 1. The third kappa shape index (κ3) is 5.12. The average molecular weight is 314 g/mol. The molecule has 0 aliphatic heterocycles. The van der Waals surface area contributed by atoms with Crippen molar-refractivity contribution in [3.8, 4) is 5.75 Å². The summed E-state index contributed by atoms with van der Waals surface area (Å²) in [5.74, 6) is -0.246. The highest BCUT2D eigenvalue weighted by Crippen LogP contribution is 2.16. The summed E-state index contributed by atoms with van der Waals surface area (Å²) >= 11 is 0. The summed E-state index contributed by atoms with van der Waals surface area (Å²) in [5.41, 5.74) is 7.18. The van der Waals surface area contributed by atoms with E-state index in [1.165, 1.54) is 0 Å². The number of methoxy groups -OCH3 is 1. The summed E-state index contributed by atoms with van der Waals surface area (Å²) in [5, 5.41) is 2.78. The Kier molecular flexibility index (Phi) is 5.71. The number of amides is 2. The maximum absolute atomic E-state index is 12.1. The molecule has 0 aliphatic rings. The molecule has 3 N–H and O–H groups in total. The smallest absolute Gasteiger partial charge is 0.255 e. The van der Waals surface area contributed by atoms with E-state index in [-0.39, 0.29) is 12.5 Å². The molecule has 2 rings (SSSR count). The Morgan fingerprint density at radius 1 is 1.04 bits per heavy atom. The summed E-state index contributed by atoms with van der Waals surface area (Å²) < 4.78 is 10.2. The third-order valence-corrected chi connectivity index (χ3v) is 3.02. The number of anilines is 1. The Bertz CT molecular complexity index is 666. The molecule has 6 nitrogen and oxygen atoms in total. The molecule has 0 aromatic heterocycles. The highest BCUT2D eigenvalue weighted by molar-refractivity contribution is 6.04. The van der Waals surface area contributed by atoms with Crippen LogP contribution >= 0.6 is 0 Å². The monoisotopic (exact) mass is 314 g/mol. The minimum absolute atomic E-state index is 0.181. The fraction of sp³-hybridized carbons (Fsp3) is 0.176. The Labute approximate surface area is 134 Å². The third-order valence-electron chi connectivity index (χ3n) is 3.02. The van der Waals surface area contributed by atoms with Gasteiger partial charge in [0.2, 0.25) is 0 Å². The molecule has 0 fully saturated rings. The van der Waals surface area contributed by atoms with Gasteiger partial charge in [-0.15, -0.1) is 0 Å². The molecule has 2 amide bonds. The SMILES string of the molecule is COCc1ccc(C(=O)Nc2ccc(OCC(N)=O)cc2)cc1. The molecule has 2 aromatic rings. The molecule has 0 bridgehead atoms. The van der Waals surface area contributed by atoms with E-state index in [0.29, 0.717) is 23.6 Å². The molecule has 120 valence electrons. The van der Waals surface area contributed by atoms with E-state index in [2.05, 4.69) is 5.32 Å². The highest BCUT2D eigenvalue weighted by Gasteiger charge is 2.06. The van der Waals surface area contributed by atoms with Gasteiger partial charge >= 0.3 is 0 Å². The zero-order valence-electron chi connectivity index (χ0n) is 12.7. The number of primary amides is 1. The summed E-state index contributed by atoms with van der Waals surface area (Å²) in [6, 6.07) is 13.9. The van der Waals surface area contributed by atoms with Gasteiger partial charge in [0.25, 0.3) is 11.8 Å². The maximum Gasteiger partial charge on any atom is 0.255 e. The minimum Gasteiger partial charge on any atom is -0.484 e. The van der Waals surface area contributed by atoms with Crippen LogP contribution in [0.2, 0.25) is 0 Å². The van der Waals surface area contributed by atoms with Crippen LogP contribution in [0.1, 0.15) is 15.9 Å². The van der Waals surface area contributed by atoms with Crippen molar-refractivity contribution in [1.82, 2.24) is 0 Å². The predicted octanol–water partition coefficient (Wildman–Crippen LogP) is 1.95. The van der Waals surface area contributed by atoms with Crippen molar-refractivity contribution in [1.29, 1.82) is 0 Å². The van der Waals surface area contributed by atoms with Crippen molar-refractivity contribution in [3.63, 3.8) is 0 Å². The molecular weight excluding hydrogens is 296 g/mol. The van der Waals surface area contributed by atoms with Crippen molar-refractivity contribution in [2.45, 2.75) is 6.61 Å². The van der Waals surface area contributed by atoms with Gasteiger partial charge in [-0.25, -0.2) is 0 Å². The fourth-order valence-corrected chi connectivity index (χ4v) is 1.91. The lowest BCUT2D eigenvalue weighted by Crippen LogP contribution is -2.20. The molecule has 2 aromatic carbocycles. The Morgan fingerprint density at radius 2 is 1.70 bits per heavy atom. The fourth-order valence-electron chi connectivity index (χ4n) is 1.91. The van der Waals surface area contributed by atoms with Crippen LogP contribution in [-0.4, -0.2) is 25.5 Å². The first kappa shape index (κ1) is 16.5. The van der Waals surface area contributed by atoms with Crippen LogP contribution in [-0.2, 0) is 16.1 Å². The van der Waals surface area contributed by atoms with Crippen LogP contribution in [0, 0.1) is 0 Å². The van der Waals surface area contributed by atoms with Crippen LogP contribution in [0.25, 0.3) is 0 Å². The second-order valence-electron chi connectivity index (χ2n) is 4.86. The van der Waals surface area contributed by atoms with E-state index in [1.807, 2.05) is 12.1 Å². The first-order valence-electron chi connectivity index (χ1n) is 6.99. The quantitative estimate of drug-likeness (QED) is 0.817. The van der Waals surface area contributed by atoms with Crippen molar-refractivity contribution in [2.75, 3.05) is 19.0 Å². The Morgan fingerprint density at radius 3 is 2.26 bits per heavy atom. The van der Waals surface area contributed by atoms with Gasteiger partial charge in [-0.3, -0.25) is 9.59 Å². The lowest BCUT2D eigenvalue weighted by molar-refractivity contribution is -0.119. The van der Waals surface area contributed by atoms with E-state index in [9.17, 15) is 9.59 Å². The van der Waals surface area contributed by atoms with Crippen LogP contribution in [0.4, 0.5) is 5.69 Å². The minimum atomic E-state index is -0.542. The first-order chi connectivity index (χ1) is 11.1. The van der Waals surface area contributed by atoms with E-state index >= 15 is 0 Å². The molecule has 0 heterocycles. The summed E-state index contributed by atoms with van der Waals surface area (Å²) in [6.07, 6.45) is 0. The van der Waals surface area contributed by atoms with Gasteiger partial charge in [-0.05, 0) is 42.0 Å². The standard InChI is InChI=1S/C17H18N2O4/c1-22-10-12-2-4-13(5-3-12)17(21)19-14-6-8-15(9-7-14)23-11-16(18)20/h2-9H,10-11H2,1H3,(H2,18,20)(H,19,21). The van der Waals surface area contributed by atoms with Crippen LogP contribution in [0.3, 0.4) is 0 Å². The number of carbonyl (C=O) groups excluding carboxylic acids is 2. The maximum atomic E-state index is 12.1. The number of hydrogen-bond donors (Lipinski definition) is 2. The number of rotatable bonds is 7. The molecule has 0 saturated heterocycles. The van der Waals surface area contributed by atoms with Gasteiger partial charge < -0.3 is 20.5 Å². The predicted molar refractivity (Wildman–Crippen MR) is 86.2 cm³/mol. The van der Waals surface area contributed by atoms with Gasteiger partial charge in [0.05, 0.1) is 6.61 Å². The highest BCUT2D eigenvalue weighted by atomic mass is 16.5.